The van der Waals surface area contributed by atoms with Crippen LogP contribution in [0.1, 0.15) is 25.0 Å². The quantitative estimate of drug-likeness (QED) is 0.156. The van der Waals surface area contributed by atoms with Crippen molar-refractivity contribution in [1.29, 1.82) is 0 Å². The number of benzene rings is 10. The molecule has 0 saturated heterocycles. The third-order valence-corrected chi connectivity index (χ3v) is 12.7. The van der Waals surface area contributed by atoms with Crippen LogP contribution in [-0.4, -0.2) is 0 Å². The molecule has 284 valence electrons. The lowest BCUT2D eigenvalue weighted by atomic mass is 9.82. The normalized spacial score (nSPS) is 12.6. The largest absolute Gasteiger partial charge is 0.310 e. The van der Waals surface area contributed by atoms with Crippen molar-refractivity contribution >= 4 is 38.6 Å². The zero-order chi connectivity index (χ0) is 40.2. The van der Waals surface area contributed by atoms with E-state index in [4.69, 9.17) is 0 Å². The molecular weight excluding hydrogens is 723 g/mol. The molecule has 1 aliphatic rings. The van der Waals surface area contributed by atoms with Crippen LogP contribution in [-0.2, 0) is 5.41 Å². The van der Waals surface area contributed by atoms with Crippen LogP contribution in [0.4, 0.5) is 17.1 Å². The first-order chi connectivity index (χ1) is 29.5. The van der Waals surface area contributed by atoms with E-state index in [2.05, 4.69) is 243 Å². The summed E-state index contributed by atoms with van der Waals surface area (Å²) in [4.78, 5) is 2.48. The van der Waals surface area contributed by atoms with Crippen molar-refractivity contribution in [2.45, 2.75) is 19.3 Å². The number of rotatable bonds is 7. The van der Waals surface area contributed by atoms with E-state index in [0.717, 1.165) is 17.1 Å². The van der Waals surface area contributed by atoms with E-state index >= 15 is 0 Å². The molecule has 10 aromatic carbocycles. The summed E-state index contributed by atoms with van der Waals surface area (Å²) in [6, 6.07) is 82.6. The molecule has 0 saturated carbocycles. The van der Waals surface area contributed by atoms with Crippen molar-refractivity contribution < 1.29 is 0 Å². The maximum atomic E-state index is 2.48. The second kappa shape index (κ2) is 14.4. The predicted molar refractivity (Wildman–Crippen MR) is 255 cm³/mol. The van der Waals surface area contributed by atoms with Gasteiger partial charge < -0.3 is 4.90 Å². The van der Waals surface area contributed by atoms with Gasteiger partial charge in [0.15, 0.2) is 0 Å². The second-order valence-corrected chi connectivity index (χ2v) is 16.6. The van der Waals surface area contributed by atoms with Crippen LogP contribution in [0.25, 0.3) is 77.2 Å². The molecule has 0 N–H and O–H groups in total. The Hall–Kier alpha value is -7.48. The lowest BCUT2D eigenvalue weighted by molar-refractivity contribution is 0.660. The molecule has 1 aliphatic carbocycles. The van der Waals surface area contributed by atoms with E-state index in [-0.39, 0.29) is 5.41 Å². The summed E-state index contributed by atoms with van der Waals surface area (Å²) in [5.41, 5.74) is 18.1. The fraction of sp³-hybridized carbons (Fsp3) is 0.0508. The van der Waals surface area contributed by atoms with Gasteiger partial charge in [0.1, 0.15) is 0 Å². The van der Waals surface area contributed by atoms with Gasteiger partial charge in [-0.25, -0.2) is 0 Å². The maximum Gasteiger partial charge on any atom is 0.0546 e. The zero-order valence-electron chi connectivity index (χ0n) is 33.8. The molecule has 10 aromatic rings. The summed E-state index contributed by atoms with van der Waals surface area (Å²) < 4.78 is 0. The van der Waals surface area contributed by atoms with Crippen LogP contribution in [0.5, 0.6) is 0 Å². The van der Waals surface area contributed by atoms with E-state index in [9.17, 15) is 0 Å². The molecule has 0 heterocycles. The molecule has 0 bridgehead atoms. The van der Waals surface area contributed by atoms with Crippen molar-refractivity contribution in [2.24, 2.45) is 0 Å². The van der Waals surface area contributed by atoms with E-state index in [1.807, 2.05) is 0 Å². The molecule has 0 unspecified atom stereocenters. The fourth-order valence-corrected chi connectivity index (χ4v) is 9.41. The molecule has 0 radical (unpaired) electrons. The van der Waals surface area contributed by atoms with Crippen molar-refractivity contribution in [1.82, 2.24) is 0 Å². The van der Waals surface area contributed by atoms with Gasteiger partial charge in [-0.2, -0.15) is 0 Å². The lowest BCUT2D eigenvalue weighted by Crippen LogP contribution is -2.17. The smallest absolute Gasteiger partial charge is 0.0546 e. The monoisotopic (exact) mass is 765 g/mol. The van der Waals surface area contributed by atoms with E-state index < -0.39 is 0 Å². The minimum atomic E-state index is -0.141. The average molecular weight is 766 g/mol. The van der Waals surface area contributed by atoms with Crippen molar-refractivity contribution in [3.8, 4) is 55.6 Å². The summed E-state index contributed by atoms with van der Waals surface area (Å²) in [5.74, 6) is 0. The zero-order valence-corrected chi connectivity index (χ0v) is 33.8. The Morgan fingerprint density at radius 2 is 0.733 bits per heavy atom. The van der Waals surface area contributed by atoms with Crippen LogP contribution < -0.4 is 4.90 Å². The highest BCUT2D eigenvalue weighted by Gasteiger charge is 2.36. The first-order valence-electron chi connectivity index (χ1n) is 20.9. The highest BCUT2D eigenvalue weighted by Crippen LogP contribution is 2.52. The lowest BCUT2D eigenvalue weighted by Gasteiger charge is -2.30. The number of nitrogens with zero attached hydrogens (tertiary/aromatic N) is 1. The molecule has 0 atom stereocenters. The Morgan fingerprint density at radius 3 is 1.42 bits per heavy atom. The molecule has 0 amide bonds. The minimum absolute atomic E-state index is 0.141. The Labute approximate surface area is 352 Å². The Kier molecular flexibility index (Phi) is 8.57. The van der Waals surface area contributed by atoms with Crippen LogP contribution >= 0.6 is 0 Å². The van der Waals surface area contributed by atoms with E-state index in [1.54, 1.807) is 0 Å². The SMILES string of the molecule is CC1(C)c2ccccc2-c2ccc(N(c3ccc(-c4ccc(-c5ccccc5)cc4)cc3)c3cc(-c4ccc5ccccc5c4)ccc3-c3ccc4ccccc4c3)cc21. The molecule has 1 nitrogen and oxygen atoms in total. The number of hydrogen-bond donors (Lipinski definition) is 0. The Bertz CT molecular complexity index is 3210. The van der Waals surface area contributed by atoms with Gasteiger partial charge in [-0.15, -0.1) is 0 Å². The summed E-state index contributed by atoms with van der Waals surface area (Å²) in [6.07, 6.45) is 0. The van der Waals surface area contributed by atoms with Gasteiger partial charge in [0.25, 0.3) is 0 Å². The summed E-state index contributed by atoms with van der Waals surface area (Å²) in [6.45, 7) is 4.73. The summed E-state index contributed by atoms with van der Waals surface area (Å²) in [5, 5.41) is 4.94. The van der Waals surface area contributed by atoms with E-state index in [1.165, 1.54) is 88.3 Å². The Balaban J connectivity index is 1.10. The molecule has 0 aliphatic heterocycles. The minimum Gasteiger partial charge on any atom is -0.310 e. The molecule has 0 fully saturated rings. The van der Waals surface area contributed by atoms with Crippen LogP contribution in [0.2, 0.25) is 0 Å². The topological polar surface area (TPSA) is 3.24 Å². The first kappa shape index (κ1) is 35.7. The number of hydrogen-bond acceptors (Lipinski definition) is 1. The summed E-state index contributed by atoms with van der Waals surface area (Å²) >= 11 is 0. The molecular formula is C59H43N. The van der Waals surface area contributed by atoms with Gasteiger partial charge in [0, 0.05) is 22.4 Å². The van der Waals surface area contributed by atoms with E-state index in [0.29, 0.717) is 0 Å². The van der Waals surface area contributed by atoms with Gasteiger partial charge in [-0.1, -0.05) is 196 Å². The predicted octanol–water partition coefficient (Wildman–Crippen LogP) is 16.4. The van der Waals surface area contributed by atoms with Crippen molar-refractivity contribution in [3.63, 3.8) is 0 Å². The first-order valence-corrected chi connectivity index (χ1v) is 20.9. The van der Waals surface area contributed by atoms with Crippen LogP contribution in [0.3, 0.4) is 0 Å². The number of fused-ring (bicyclic) bond motifs is 5. The molecule has 60 heavy (non-hydrogen) atoms. The molecule has 0 spiro atoms. The highest BCUT2D eigenvalue weighted by atomic mass is 15.1. The maximum absolute atomic E-state index is 2.48. The molecule has 0 aromatic heterocycles. The second-order valence-electron chi connectivity index (χ2n) is 16.6. The number of anilines is 3. The molecule has 1 heteroatoms. The van der Waals surface area contributed by atoms with Crippen LogP contribution in [0.15, 0.2) is 224 Å². The third kappa shape index (κ3) is 6.19. The fourth-order valence-electron chi connectivity index (χ4n) is 9.41. The van der Waals surface area contributed by atoms with Gasteiger partial charge >= 0.3 is 0 Å². The van der Waals surface area contributed by atoms with Gasteiger partial charge in [0.2, 0.25) is 0 Å². The van der Waals surface area contributed by atoms with Crippen molar-refractivity contribution in [2.75, 3.05) is 4.90 Å². The van der Waals surface area contributed by atoms with Gasteiger partial charge in [-0.05, 0) is 125 Å². The summed E-state index contributed by atoms with van der Waals surface area (Å²) in [7, 11) is 0. The molecule has 11 rings (SSSR count). The van der Waals surface area contributed by atoms with Gasteiger partial charge in [0.05, 0.1) is 5.69 Å². The average Bonchev–Trinajstić information content (AvgIpc) is 3.54. The third-order valence-electron chi connectivity index (χ3n) is 12.7. The van der Waals surface area contributed by atoms with Gasteiger partial charge in [-0.3, -0.25) is 0 Å². The standard InChI is InChI=1S/C59H43N/c1-59(2)56-19-11-10-18-54(56)55-35-33-52(39-57(55)59)60(51-31-28-45(29-32-51)44-22-20-43(21-23-44)40-12-4-3-5-13-40)58-38-49(48-26-24-41-14-6-8-16-46(41)36-48)30-34-53(58)50-27-25-42-15-7-9-17-47(42)37-50/h3-39H,1-2H3. The van der Waals surface area contributed by atoms with Crippen molar-refractivity contribution in [3.05, 3.63) is 236 Å². The van der Waals surface area contributed by atoms with Crippen LogP contribution in [0, 0.1) is 0 Å². The Morgan fingerprint density at radius 1 is 0.283 bits per heavy atom. The highest BCUT2D eigenvalue weighted by molar-refractivity contribution is 5.97.